The summed E-state index contributed by atoms with van der Waals surface area (Å²) < 4.78 is 4.78. The number of aromatic nitrogens is 2. The molecule has 0 aliphatic heterocycles. The molecule has 0 amide bonds. The van der Waals surface area contributed by atoms with Gasteiger partial charge in [-0.2, -0.15) is 0 Å². The van der Waals surface area contributed by atoms with Crippen LogP contribution in [0.2, 0.25) is 0 Å². The van der Waals surface area contributed by atoms with Gasteiger partial charge in [-0.1, -0.05) is 5.16 Å². The smallest absolute Gasteiger partial charge is 0.186 e. The second kappa shape index (κ2) is 1.28. The number of aromatic amines is 1. The average molecular weight is 123 g/mol. The molecule has 2 aromatic rings. The van der Waals surface area contributed by atoms with Crippen LogP contribution in [0.1, 0.15) is 0 Å². The van der Waals surface area contributed by atoms with Crippen molar-refractivity contribution in [3.05, 3.63) is 12.3 Å². The summed E-state index contributed by atoms with van der Waals surface area (Å²) >= 11 is 0. The second-order valence-electron chi connectivity index (χ2n) is 1.83. The van der Waals surface area contributed by atoms with E-state index >= 15 is 0 Å². The SMILES string of the molecule is Nc1cc2oncc2[nH]1. The number of rotatable bonds is 0. The average Bonchev–Trinajstić information content (AvgIpc) is 2.22. The molecule has 9 heavy (non-hydrogen) atoms. The van der Waals surface area contributed by atoms with Gasteiger partial charge in [0.1, 0.15) is 11.3 Å². The monoisotopic (exact) mass is 123 g/mol. The Bertz CT molecular complexity index is 293. The molecule has 0 aliphatic carbocycles. The maximum Gasteiger partial charge on any atom is 0.186 e. The first-order chi connectivity index (χ1) is 4.36. The molecule has 2 aromatic heterocycles. The molecule has 0 spiro atoms. The molecule has 0 radical (unpaired) electrons. The Kier molecular flexibility index (Phi) is 0.631. The molecule has 4 nitrogen and oxygen atoms in total. The highest BCUT2D eigenvalue weighted by molar-refractivity contribution is 5.76. The van der Waals surface area contributed by atoms with Gasteiger partial charge in [0, 0.05) is 6.07 Å². The van der Waals surface area contributed by atoms with Gasteiger partial charge in [0.05, 0.1) is 6.20 Å². The lowest BCUT2D eigenvalue weighted by Crippen LogP contribution is -1.80. The molecule has 0 unspecified atom stereocenters. The minimum Gasteiger partial charge on any atom is -0.385 e. The van der Waals surface area contributed by atoms with Gasteiger partial charge in [0.15, 0.2) is 5.58 Å². The third-order valence-electron chi connectivity index (χ3n) is 1.16. The normalized spacial score (nSPS) is 10.7. The van der Waals surface area contributed by atoms with Crippen LogP contribution in [-0.4, -0.2) is 10.1 Å². The summed E-state index contributed by atoms with van der Waals surface area (Å²) in [6, 6.07) is 1.70. The van der Waals surface area contributed by atoms with E-state index in [4.69, 9.17) is 10.3 Å². The van der Waals surface area contributed by atoms with E-state index in [0.29, 0.717) is 11.4 Å². The lowest BCUT2D eigenvalue weighted by Gasteiger charge is -1.74. The van der Waals surface area contributed by atoms with Crippen molar-refractivity contribution in [2.45, 2.75) is 0 Å². The molecule has 46 valence electrons. The van der Waals surface area contributed by atoms with Gasteiger partial charge in [-0.15, -0.1) is 0 Å². The molecule has 2 heterocycles. The molecule has 0 fully saturated rings. The second-order valence-corrected chi connectivity index (χ2v) is 1.83. The van der Waals surface area contributed by atoms with Crippen LogP contribution in [0.15, 0.2) is 16.8 Å². The van der Waals surface area contributed by atoms with Crippen LogP contribution >= 0.6 is 0 Å². The summed E-state index contributed by atoms with van der Waals surface area (Å²) in [6.07, 6.45) is 1.59. The van der Waals surface area contributed by atoms with Gasteiger partial charge in [0.2, 0.25) is 0 Å². The summed E-state index contributed by atoms with van der Waals surface area (Å²) in [5.74, 6) is 0.603. The number of nitrogens with zero attached hydrogens (tertiary/aromatic N) is 1. The van der Waals surface area contributed by atoms with Crippen LogP contribution < -0.4 is 5.73 Å². The van der Waals surface area contributed by atoms with Gasteiger partial charge in [-0.3, -0.25) is 0 Å². The minimum atomic E-state index is 0.603. The number of hydrogen-bond acceptors (Lipinski definition) is 3. The van der Waals surface area contributed by atoms with E-state index in [-0.39, 0.29) is 0 Å². The molecule has 0 aromatic carbocycles. The Morgan fingerprint density at radius 2 is 2.56 bits per heavy atom. The van der Waals surface area contributed by atoms with Crippen LogP contribution in [0.25, 0.3) is 11.1 Å². The summed E-state index contributed by atoms with van der Waals surface area (Å²) in [6.45, 7) is 0. The summed E-state index contributed by atoms with van der Waals surface area (Å²) in [4.78, 5) is 2.86. The lowest BCUT2D eigenvalue weighted by atomic mass is 10.5. The van der Waals surface area contributed by atoms with Gasteiger partial charge in [-0.05, 0) is 0 Å². The van der Waals surface area contributed by atoms with E-state index in [0.717, 1.165) is 5.52 Å². The van der Waals surface area contributed by atoms with Crippen molar-refractivity contribution in [2.24, 2.45) is 0 Å². The van der Waals surface area contributed by atoms with Crippen LogP contribution in [0.3, 0.4) is 0 Å². The minimum absolute atomic E-state index is 0.603. The fraction of sp³-hybridized carbons (Fsp3) is 0. The largest absolute Gasteiger partial charge is 0.385 e. The predicted molar refractivity (Wildman–Crippen MR) is 32.8 cm³/mol. The Hall–Kier alpha value is -1.45. The maximum absolute atomic E-state index is 5.39. The van der Waals surface area contributed by atoms with Crippen LogP contribution in [0.4, 0.5) is 5.82 Å². The zero-order valence-electron chi connectivity index (χ0n) is 4.59. The predicted octanol–water partition coefficient (Wildman–Crippen LogP) is 0.738. The number of nitrogens with one attached hydrogen (secondary N) is 1. The quantitative estimate of drug-likeness (QED) is 0.542. The number of nitrogens with two attached hydrogens (primary N) is 1. The van der Waals surface area contributed by atoms with E-state index in [2.05, 4.69) is 10.1 Å². The van der Waals surface area contributed by atoms with Crippen molar-refractivity contribution in [1.29, 1.82) is 0 Å². The van der Waals surface area contributed by atoms with E-state index in [1.807, 2.05) is 0 Å². The van der Waals surface area contributed by atoms with Crippen molar-refractivity contribution < 1.29 is 4.52 Å². The number of H-pyrrole nitrogens is 1. The molecule has 4 heteroatoms. The standard InChI is InChI=1S/C5H5N3O/c6-5-1-4-3(8-5)2-7-9-4/h1-2,8H,6H2. The van der Waals surface area contributed by atoms with Crippen molar-refractivity contribution in [3.63, 3.8) is 0 Å². The number of anilines is 1. The number of fused-ring (bicyclic) bond motifs is 1. The molecule has 0 bridgehead atoms. The van der Waals surface area contributed by atoms with Gasteiger partial charge in [-0.25, -0.2) is 0 Å². The third kappa shape index (κ3) is 0.495. The van der Waals surface area contributed by atoms with Crippen LogP contribution in [0.5, 0.6) is 0 Å². The summed E-state index contributed by atoms with van der Waals surface area (Å²) in [5, 5.41) is 3.54. The van der Waals surface area contributed by atoms with Gasteiger partial charge >= 0.3 is 0 Å². The highest BCUT2D eigenvalue weighted by Gasteiger charge is 1.99. The zero-order valence-corrected chi connectivity index (χ0v) is 4.59. The summed E-state index contributed by atoms with van der Waals surface area (Å²) in [7, 11) is 0. The molecular weight excluding hydrogens is 118 g/mol. The Labute approximate surface area is 50.6 Å². The Balaban J connectivity index is 2.92. The maximum atomic E-state index is 5.39. The molecular formula is C5H5N3O. The first-order valence-electron chi connectivity index (χ1n) is 2.55. The molecule has 2 rings (SSSR count). The highest BCUT2D eigenvalue weighted by Crippen LogP contribution is 2.14. The summed E-state index contributed by atoms with van der Waals surface area (Å²) in [5.41, 5.74) is 6.93. The fourth-order valence-corrected chi connectivity index (χ4v) is 0.779. The van der Waals surface area contributed by atoms with E-state index in [1.54, 1.807) is 12.3 Å². The Morgan fingerprint density at radius 1 is 1.67 bits per heavy atom. The molecule has 0 saturated heterocycles. The molecule has 0 saturated carbocycles. The van der Waals surface area contributed by atoms with Crippen LogP contribution in [-0.2, 0) is 0 Å². The molecule has 3 N–H and O–H groups in total. The van der Waals surface area contributed by atoms with E-state index < -0.39 is 0 Å². The van der Waals surface area contributed by atoms with Crippen molar-refractivity contribution >= 4 is 16.9 Å². The van der Waals surface area contributed by atoms with Crippen LogP contribution in [0, 0.1) is 0 Å². The number of hydrogen-bond donors (Lipinski definition) is 2. The Morgan fingerprint density at radius 3 is 3.33 bits per heavy atom. The van der Waals surface area contributed by atoms with Gasteiger partial charge < -0.3 is 15.2 Å². The first-order valence-corrected chi connectivity index (χ1v) is 2.55. The van der Waals surface area contributed by atoms with Crippen molar-refractivity contribution in [1.82, 2.24) is 10.1 Å². The van der Waals surface area contributed by atoms with E-state index in [1.165, 1.54) is 0 Å². The zero-order chi connectivity index (χ0) is 6.27. The molecule has 0 aliphatic rings. The number of nitrogen functional groups attached to an aromatic ring is 1. The van der Waals surface area contributed by atoms with E-state index in [9.17, 15) is 0 Å². The first kappa shape index (κ1) is 4.43. The fourth-order valence-electron chi connectivity index (χ4n) is 0.779. The van der Waals surface area contributed by atoms with Gasteiger partial charge in [0.25, 0.3) is 0 Å². The third-order valence-corrected chi connectivity index (χ3v) is 1.16. The lowest BCUT2D eigenvalue weighted by molar-refractivity contribution is 0.456. The van der Waals surface area contributed by atoms with Crippen molar-refractivity contribution in [3.8, 4) is 0 Å². The highest BCUT2D eigenvalue weighted by atomic mass is 16.5. The molecule has 0 atom stereocenters. The topological polar surface area (TPSA) is 67.8 Å². The van der Waals surface area contributed by atoms with Crippen molar-refractivity contribution in [2.75, 3.05) is 5.73 Å².